The van der Waals surface area contributed by atoms with Crippen molar-refractivity contribution >= 4 is 5.90 Å². The van der Waals surface area contributed by atoms with Crippen molar-refractivity contribution in [2.45, 2.75) is 18.8 Å². The summed E-state index contributed by atoms with van der Waals surface area (Å²) in [5, 5.41) is 0. The fourth-order valence-electron chi connectivity index (χ4n) is 1.94. The van der Waals surface area contributed by atoms with Gasteiger partial charge in [0, 0.05) is 17.9 Å². The van der Waals surface area contributed by atoms with Gasteiger partial charge in [0.2, 0.25) is 0 Å². The third-order valence-corrected chi connectivity index (χ3v) is 2.94. The Hall–Kier alpha value is -1.45. The Labute approximate surface area is 93.0 Å². The van der Waals surface area contributed by atoms with Crippen LogP contribution in [0.4, 0.5) is 8.78 Å². The van der Waals surface area contributed by atoms with Crippen molar-refractivity contribution in [3.8, 4) is 0 Å². The molecular weight excluding hydrogens is 212 g/mol. The van der Waals surface area contributed by atoms with Gasteiger partial charge in [-0.1, -0.05) is 6.92 Å². The first-order valence-electron chi connectivity index (χ1n) is 5.07. The minimum Gasteiger partial charge on any atom is -0.484 e. The Morgan fingerprint density at radius 2 is 1.88 bits per heavy atom. The van der Waals surface area contributed by atoms with Gasteiger partial charge in [0.1, 0.15) is 11.6 Å². The molecule has 86 valence electrons. The van der Waals surface area contributed by atoms with Crippen LogP contribution in [-0.4, -0.2) is 19.6 Å². The molecular formula is C12H13F2NO. The number of nitrogens with zero attached hydrogens (tertiary/aromatic N) is 1. The summed E-state index contributed by atoms with van der Waals surface area (Å²) in [6, 6.07) is 3.59. The molecule has 0 aliphatic carbocycles. The zero-order valence-electron chi connectivity index (χ0n) is 9.26. The quantitative estimate of drug-likeness (QED) is 0.720. The molecule has 2 nitrogen and oxygen atoms in total. The lowest BCUT2D eigenvalue weighted by atomic mass is 9.81. The Morgan fingerprint density at radius 1 is 1.25 bits per heavy atom. The van der Waals surface area contributed by atoms with Gasteiger partial charge in [-0.3, -0.25) is 4.99 Å². The summed E-state index contributed by atoms with van der Waals surface area (Å²) >= 11 is 0. The van der Waals surface area contributed by atoms with E-state index in [2.05, 4.69) is 4.99 Å². The van der Waals surface area contributed by atoms with Gasteiger partial charge in [0.15, 0.2) is 5.90 Å². The maximum atomic E-state index is 13.1. The molecule has 1 heterocycles. The fraction of sp³-hybridized carbons (Fsp3) is 0.417. The topological polar surface area (TPSA) is 21.6 Å². The molecule has 2 rings (SSSR count). The lowest BCUT2D eigenvalue weighted by molar-refractivity contribution is 0.385. The molecule has 0 fully saturated rings. The standard InChI is InChI=1S/C12H13F2NO/c1-12(6-11(16-2)15-7-12)8-3-9(13)5-10(14)4-8/h3-5H,6-7H2,1-2H3. The summed E-state index contributed by atoms with van der Waals surface area (Å²) in [5.74, 6) is -0.476. The minimum absolute atomic E-state index is 0.367. The Balaban J connectivity index is 2.31. The van der Waals surface area contributed by atoms with E-state index in [9.17, 15) is 8.78 Å². The van der Waals surface area contributed by atoms with Crippen LogP contribution in [0.5, 0.6) is 0 Å². The van der Waals surface area contributed by atoms with Gasteiger partial charge < -0.3 is 4.74 Å². The molecule has 1 aromatic carbocycles. The van der Waals surface area contributed by atoms with E-state index in [1.165, 1.54) is 12.1 Å². The molecule has 1 atom stereocenters. The van der Waals surface area contributed by atoms with E-state index in [1.807, 2.05) is 6.92 Å². The number of aliphatic imine (C=N–C) groups is 1. The van der Waals surface area contributed by atoms with E-state index < -0.39 is 11.6 Å². The number of benzene rings is 1. The predicted octanol–water partition coefficient (Wildman–Crippen LogP) is 2.67. The van der Waals surface area contributed by atoms with Crippen molar-refractivity contribution in [1.29, 1.82) is 0 Å². The van der Waals surface area contributed by atoms with Crippen molar-refractivity contribution in [2.24, 2.45) is 4.99 Å². The first-order chi connectivity index (χ1) is 7.53. The number of halogens is 2. The van der Waals surface area contributed by atoms with Crippen LogP contribution < -0.4 is 0 Å². The van der Waals surface area contributed by atoms with Crippen LogP contribution in [0.1, 0.15) is 18.9 Å². The van der Waals surface area contributed by atoms with Crippen molar-refractivity contribution in [3.05, 3.63) is 35.4 Å². The third-order valence-electron chi connectivity index (χ3n) is 2.94. The van der Waals surface area contributed by atoms with Crippen molar-refractivity contribution < 1.29 is 13.5 Å². The van der Waals surface area contributed by atoms with Crippen LogP contribution in [-0.2, 0) is 10.2 Å². The Morgan fingerprint density at radius 3 is 2.38 bits per heavy atom. The highest BCUT2D eigenvalue weighted by molar-refractivity contribution is 5.80. The zero-order valence-corrected chi connectivity index (χ0v) is 9.26. The van der Waals surface area contributed by atoms with Gasteiger partial charge in [-0.25, -0.2) is 8.78 Å². The van der Waals surface area contributed by atoms with Crippen molar-refractivity contribution in [2.75, 3.05) is 13.7 Å². The van der Waals surface area contributed by atoms with Crippen molar-refractivity contribution in [1.82, 2.24) is 0 Å². The lowest BCUT2D eigenvalue weighted by Crippen LogP contribution is -2.24. The average Bonchev–Trinajstić information content (AvgIpc) is 2.60. The molecule has 0 saturated carbocycles. The lowest BCUT2D eigenvalue weighted by Gasteiger charge is -2.23. The highest BCUT2D eigenvalue weighted by Gasteiger charge is 2.34. The molecule has 0 N–H and O–H groups in total. The van der Waals surface area contributed by atoms with Crippen LogP contribution in [0, 0.1) is 11.6 Å². The number of hydrogen-bond acceptors (Lipinski definition) is 2. The van der Waals surface area contributed by atoms with E-state index in [0.29, 0.717) is 24.4 Å². The molecule has 1 aromatic rings. The molecule has 0 spiro atoms. The first-order valence-corrected chi connectivity index (χ1v) is 5.07. The second-order valence-electron chi connectivity index (χ2n) is 4.31. The fourth-order valence-corrected chi connectivity index (χ4v) is 1.94. The van der Waals surface area contributed by atoms with Crippen LogP contribution in [0.25, 0.3) is 0 Å². The summed E-state index contributed by atoms with van der Waals surface area (Å²) in [4.78, 5) is 4.19. The number of ether oxygens (including phenoxy) is 1. The maximum Gasteiger partial charge on any atom is 0.183 e. The second kappa shape index (κ2) is 3.85. The monoisotopic (exact) mass is 225 g/mol. The van der Waals surface area contributed by atoms with Gasteiger partial charge in [-0.05, 0) is 17.7 Å². The summed E-state index contributed by atoms with van der Waals surface area (Å²) in [5.41, 5.74) is 0.259. The molecule has 4 heteroatoms. The molecule has 16 heavy (non-hydrogen) atoms. The SMILES string of the molecule is COC1=NCC(C)(c2cc(F)cc(F)c2)C1. The number of rotatable bonds is 1. The zero-order chi connectivity index (χ0) is 11.8. The van der Waals surface area contributed by atoms with E-state index in [0.717, 1.165) is 6.07 Å². The van der Waals surface area contributed by atoms with E-state index >= 15 is 0 Å². The molecule has 0 radical (unpaired) electrons. The van der Waals surface area contributed by atoms with Crippen LogP contribution in [0.3, 0.4) is 0 Å². The van der Waals surface area contributed by atoms with E-state index in [1.54, 1.807) is 7.11 Å². The molecule has 0 bridgehead atoms. The summed E-state index contributed by atoms with van der Waals surface area (Å²) in [6.07, 6.45) is 0.576. The van der Waals surface area contributed by atoms with Gasteiger partial charge in [0.25, 0.3) is 0 Å². The molecule has 1 aliphatic rings. The highest BCUT2D eigenvalue weighted by Crippen LogP contribution is 2.33. The summed E-state index contributed by atoms with van der Waals surface area (Å²) in [7, 11) is 1.55. The summed E-state index contributed by atoms with van der Waals surface area (Å²) in [6.45, 7) is 2.43. The molecule has 1 aliphatic heterocycles. The molecule has 0 aromatic heterocycles. The minimum atomic E-state index is -0.554. The highest BCUT2D eigenvalue weighted by atomic mass is 19.1. The van der Waals surface area contributed by atoms with E-state index in [4.69, 9.17) is 4.74 Å². The third kappa shape index (κ3) is 1.92. The van der Waals surface area contributed by atoms with Gasteiger partial charge in [-0.15, -0.1) is 0 Å². The normalized spacial score (nSPS) is 24.4. The second-order valence-corrected chi connectivity index (χ2v) is 4.31. The number of hydrogen-bond donors (Lipinski definition) is 0. The van der Waals surface area contributed by atoms with Crippen molar-refractivity contribution in [3.63, 3.8) is 0 Å². The van der Waals surface area contributed by atoms with Gasteiger partial charge >= 0.3 is 0 Å². The summed E-state index contributed by atoms with van der Waals surface area (Å²) < 4.78 is 31.3. The van der Waals surface area contributed by atoms with Crippen LogP contribution in [0.15, 0.2) is 23.2 Å². The number of methoxy groups -OCH3 is 1. The van der Waals surface area contributed by atoms with E-state index in [-0.39, 0.29) is 5.41 Å². The van der Waals surface area contributed by atoms with Gasteiger partial charge in [-0.2, -0.15) is 0 Å². The van der Waals surface area contributed by atoms with Crippen LogP contribution >= 0.6 is 0 Å². The largest absolute Gasteiger partial charge is 0.484 e. The average molecular weight is 225 g/mol. The van der Waals surface area contributed by atoms with Crippen LogP contribution in [0.2, 0.25) is 0 Å². The first kappa shape index (κ1) is 11.0. The molecule has 0 saturated heterocycles. The molecule has 0 amide bonds. The Bertz CT molecular complexity index is 424. The predicted molar refractivity (Wildman–Crippen MR) is 57.6 cm³/mol. The maximum absolute atomic E-state index is 13.1. The Kier molecular flexibility index (Phi) is 2.66. The van der Waals surface area contributed by atoms with Gasteiger partial charge in [0.05, 0.1) is 13.7 Å². The molecule has 1 unspecified atom stereocenters. The smallest absolute Gasteiger partial charge is 0.183 e.